The minimum Gasteiger partial charge on any atom is -0.371 e. The quantitative estimate of drug-likeness (QED) is 0.629. The van der Waals surface area contributed by atoms with E-state index in [1.54, 1.807) is 12.3 Å². The molecule has 164 valence electrons. The van der Waals surface area contributed by atoms with Crippen LogP contribution in [0.2, 0.25) is 0 Å². The maximum absolute atomic E-state index is 14.1. The summed E-state index contributed by atoms with van der Waals surface area (Å²) in [7, 11) is 0. The number of halogens is 3. The highest BCUT2D eigenvalue weighted by Gasteiger charge is 2.40. The zero-order valence-electron chi connectivity index (χ0n) is 17.3. The lowest BCUT2D eigenvalue weighted by Gasteiger charge is -2.35. The van der Waals surface area contributed by atoms with Crippen LogP contribution in [0.1, 0.15) is 42.6 Å². The monoisotopic (exact) mass is 429 g/mol. The second-order valence-corrected chi connectivity index (χ2v) is 8.66. The molecule has 2 aromatic heterocycles. The highest BCUT2D eigenvalue weighted by molar-refractivity contribution is 5.67. The second-order valence-electron chi connectivity index (χ2n) is 8.66. The molecule has 5 rings (SSSR count). The highest BCUT2D eigenvalue weighted by atomic mass is 19.4. The first kappa shape index (κ1) is 20.3. The van der Waals surface area contributed by atoms with Crippen molar-refractivity contribution in [3.8, 4) is 0 Å². The minimum absolute atomic E-state index is 0.0787. The Kier molecular flexibility index (Phi) is 5.33. The molecule has 0 atom stereocenters. The Labute approximate surface area is 179 Å². The van der Waals surface area contributed by atoms with Crippen LogP contribution in [-0.4, -0.2) is 33.7 Å². The predicted molar refractivity (Wildman–Crippen MR) is 113 cm³/mol. The molecule has 1 saturated heterocycles. The van der Waals surface area contributed by atoms with Crippen molar-refractivity contribution in [2.45, 2.75) is 50.9 Å². The van der Waals surface area contributed by atoms with Crippen LogP contribution in [0.5, 0.6) is 0 Å². The summed E-state index contributed by atoms with van der Waals surface area (Å²) in [5.41, 5.74) is 0.681. The summed E-state index contributed by atoms with van der Waals surface area (Å²) in [6.07, 6.45) is 1.75. The summed E-state index contributed by atoms with van der Waals surface area (Å²) >= 11 is 0. The highest BCUT2D eigenvalue weighted by Crippen LogP contribution is 2.40. The lowest BCUT2D eigenvalue weighted by atomic mass is 10.0. The smallest absolute Gasteiger partial charge is 0.371 e. The molecule has 1 aliphatic heterocycles. The molecule has 0 spiro atoms. The van der Waals surface area contributed by atoms with Gasteiger partial charge < -0.3 is 10.2 Å². The largest absolute Gasteiger partial charge is 0.422 e. The topological polar surface area (TPSA) is 45.5 Å². The molecule has 2 fully saturated rings. The molecule has 1 aromatic carbocycles. The van der Waals surface area contributed by atoms with Gasteiger partial charge in [0, 0.05) is 38.3 Å². The molecule has 1 saturated carbocycles. The molecule has 5 nitrogen and oxygen atoms in total. The van der Waals surface area contributed by atoms with Gasteiger partial charge in [-0.1, -0.05) is 30.3 Å². The number of alkyl halides is 3. The third-order valence-corrected chi connectivity index (χ3v) is 6.35. The van der Waals surface area contributed by atoms with Gasteiger partial charge in [-0.2, -0.15) is 13.2 Å². The fourth-order valence-corrected chi connectivity index (χ4v) is 4.43. The number of rotatable bonds is 6. The van der Waals surface area contributed by atoms with Gasteiger partial charge in [0.15, 0.2) is 5.65 Å². The number of benzene rings is 1. The van der Waals surface area contributed by atoms with Crippen molar-refractivity contribution in [2.75, 3.05) is 18.0 Å². The van der Waals surface area contributed by atoms with Crippen molar-refractivity contribution in [1.82, 2.24) is 19.9 Å². The zero-order chi connectivity index (χ0) is 21.4. The van der Waals surface area contributed by atoms with Gasteiger partial charge >= 0.3 is 6.18 Å². The number of aromatic nitrogens is 3. The van der Waals surface area contributed by atoms with Crippen molar-refractivity contribution in [3.05, 3.63) is 59.5 Å². The maximum Gasteiger partial charge on any atom is 0.422 e. The summed E-state index contributed by atoms with van der Waals surface area (Å²) in [6.45, 7) is 1.93. The van der Waals surface area contributed by atoms with Crippen LogP contribution in [0.4, 0.5) is 18.9 Å². The Bertz CT molecular complexity index is 1030. The molecule has 3 aromatic rings. The van der Waals surface area contributed by atoms with Crippen molar-refractivity contribution >= 4 is 11.3 Å². The molecular weight excluding hydrogens is 403 g/mol. The minimum atomic E-state index is -4.48. The van der Waals surface area contributed by atoms with Crippen LogP contribution in [0, 0.1) is 5.92 Å². The summed E-state index contributed by atoms with van der Waals surface area (Å²) in [4.78, 5) is 1.85. The molecule has 1 aliphatic carbocycles. The van der Waals surface area contributed by atoms with Gasteiger partial charge in [0.05, 0.1) is 5.69 Å². The normalized spacial score (nSPS) is 18.1. The van der Waals surface area contributed by atoms with E-state index < -0.39 is 11.7 Å². The molecule has 3 heterocycles. The number of hydrogen-bond acceptors (Lipinski definition) is 4. The van der Waals surface area contributed by atoms with Gasteiger partial charge in [-0.05, 0) is 43.2 Å². The van der Waals surface area contributed by atoms with Crippen molar-refractivity contribution in [3.63, 3.8) is 0 Å². The average molecular weight is 429 g/mol. The third kappa shape index (κ3) is 4.39. The Morgan fingerprint density at radius 3 is 2.39 bits per heavy atom. The summed E-state index contributed by atoms with van der Waals surface area (Å²) < 4.78 is 43.8. The van der Waals surface area contributed by atoms with Crippen LogP contribution in [0.25, 0.3) is 5.65 Å². The standard InChI is InChI=1S/C23H26F3N5/c24-23(25,26)21-19(10-13-31-20(14-16-6-7-16)28-29-22(21)31)30-11-8-18(9-12-30)27-15-17-4-2-1-3-5-17/h1-5,10,13,16,18,27H,6-9,11-12,14-15H2. The Balaban J connectivity index is 1.33. The Morgan fingerprint density at radius 1 is 0.968 bits per heavy atom. The van der Waals surface area contributed by atoms with Crippen molar-refractivity contribution in [2.24, 2.45) is 5.92 Å². The van der Waals surface area contributed by atoms with Crippen LogP contribution in [-0.2, 0) is 19.1 Å². The fourth-order valence-electron chi connectivity index (χ4n) is 4.43. The molecule has 1 N–H and O–H groups in total. The summed E-state index contributed by atoms with van der Waals surface area (Å²) in [5, 5.41) is 11.6. The zero-order valence-corrected chi connectivity index (χ0v) is 17.3. The average Bonchev–Trinajstić information content (AvgIpc) is 3.50. The van der Waals surface area contributed by atoms with Crippen LogP contribution >= 0.6 is 0 Å². The van der Waals surface area contributed by atoms with E-state index in [1.165, 1.54) is 9.96 Å². The van der Waals surface area contributed by atoms with Crippen molar-refractivity contribution in [1.29, 1.82) is 0 Å². The van der Waals surface area contributed by atoms with Crippen LogP contribution in [0.15, 0.2) is 42.6 Å². The first-order valence-electron chi connectivity index (χ1n) is 10.9. The van der Waals surface area contributed by atoms with E-state index in [2.05, 4.69) is 27.6 Å². The fraction of sp³-hybridized carbons (Fsp3) is 0.478. The third-order valence-electron chi connectivity index (χ3n) is 6.35. The van der Waals surface area contributed by atoms with E-state index in [0.717, 1.165) is 32.2 Å². The SMILES string of the molecule is FC(F)(F)c1c(N2CCC(NCc3ccccc3)CC2)ccn2c(CC3CC3)nnc12. The number of fused-ring (bicyclic) bond motifs is 1. The summed E-state index contributed by atoms with van der Waals surface area (Å²) in [5.74, 6) is 1.15. The van der Waals surface area contributed by atoms with E-state index >= 15 is 0 Å². The van der Waals surface area contributed by atoms with Gasteiger partial charge in [0.1, 0.15) is 11.4 Å². The molecule has 0 bridgehead atoms. The second kappa shape index (κ2) is 8.15. The van der Waals surface area contributed by atoms with Gasteiger partial charge in [0.25, 0.3) is 0 Å². The molecule has 8 heteroatoms. The van der Waals surface area contributed by atoms with Crippen LogP contribution < -0.4 is 10.2 Å². The molecule has 0 amide bonds. The van der Waals surface area contributed by atoms with E-state index in [0.29, 0.717) is 37.3 Å². The number of anilines is 1. The van der Waals surface area contributed by atoms with E-state index in [-0.39, 0.29) is 11.3 Å². The lowest BCUT2D eigenvalue weighted by molar-refractivity contribution is -0.136. The first-order chi connectivity index (χ1) is 15.0. The number of pyridine rings is 1. The molecule has 31 heavy (non-hydrogen) atoms. The molecule has 0 unspecified atom stereocenters. The van der Waals surface area contributed by atoms with Gasteiger partial charge in [-0.25, -0.2) is 0 Å². The van der Waals surface area contributed by atoms with Gasteiger partial charge in [-0.3, -0.25) is 4.40 Å². The van der Waals surface area contributed by atoms with Crippen molar-refractivity contribution < 1.29 is 13.2 Å². The predicted octanol–water partition coefficient (Wildman–Crippen LogP) is 4.46. The lowest BCUT2D eigenvalue weighted by Crippen LogP contribution is -2.43. The number of piperidine rings is 1. The van der Waals surface area contributed by atoms with E-state index in [9.17, 15) is 13.2 Å². The summed E-state index contributed by atoms with van der Waals surface area (Å²) in [6, 6.07) is 12.0. The first-order valence-corrected chi connectivity index (χ1v) is 10.9. The van der Waals surface area contributed by atoms with Gasteiger partial charge in [-0.15, -0.1) is 10.2 Å². The number of hydrogen-bond donors (Lipinski definition) is 1. The number of nitrogens with zero attached hydrogens (tertiary/aromatic N) is 4. The van der Waals surface area contributed by atoms with Crippen LogP contribution in [0.3, 0.4) is 0 Å². The maximum atomic E-state index is 14.1. The molecular formula is C23H26F3N5. The number of nitrogens with one attached hydrogen (secondary N) is 1. The van der Waals surface area contributed by atoms with Gasteiger partial charge in [0.2, 0.25) is 0 Å². The Morgan fingerprint density at radius 2 is 1.71 bits per heavy atom. The molecule has 0 radical (unpaired) electrons. The molecule has 2 aliphatic rings. The van der Waals surface area contributed by atoms with E-state index in [1.807, 2.05) is 23.1 Å². The van der Waals surface area contributed by atoms with E-state index in [4.69, 9.17) is 0 Å². The Hall–Kier alpha value is -2.61.